The van der Waals surface area contributed by atoms with Crippen LogP contribution < -0.4 is 5.32 Å². The molecule has 0 aliphatic heterocycles. The smallest absolute Gasteiger partial charge is 0.231 e. The van der Waals surface area contributed by atoms with Gasteiger partial charge in [0.05, 0.1) is 31.3 Å². The molecule has 2 aromatic rings. The number of carbonyl (C=O) groups is 1. The van der Waals surface area contributed by atoms with Crippen LogP contribution >= 0.6 is 11.6 Å². The molecule has 0 saturated heterocycles. The number of benzene rings is 2. The molecule has 3 rings (SSSR count). The third kappa shape index (κ3) is 4.40. The van der Waals surface area contributed by atoms with E-state index in [0.29, 0.717) is 11.6 Å². The van der Waals surface area contributed by atoms with Gasteiger partial charge in [-0.15, -0.1) is 0 Å². The highest BCUT2D eigenvalue weighted by Gasteiger charge is 2.51. The van der Waals surface area contributed by atoms with E-state index in [-0.39, 0.29) is 19.1 Å². The summed E-state index contributed by atoms with van der Waals surface area (Å²) in [6.07, 6.45) is 1.62. The number of nitrogens with one attached hydrogen (secondary N) is 1. The van der Waals surface area contributed by atoms with Crippen LogP contribution in [0.4, 0.5) is 0 Å². The van der Waals surface area contributed by atoms with E-state index in [1.54, 1.807) is 12.1 Å². The van der Waals surface area contributed by atoms with Crippen molar-refractivity contribution in [1.82, 2.24) is 5.32 Å². The van der Waals surface area contributed by atoms with Gasteiger partial charge in [0.25, 0.3) is 0 Å². The second-order valence-corrected chi connectivity index (χ2v) is 6.88. The molecule has 2 N–H and O–H groups in total. The molecule has 0 radical (unpaired) electrons. The van der Waals surface area contributed by atoms with Crippen LogP contribution in [0.2, 0.25) is 5.02 Å². The fourth-order valence-corrected chi connectivity index (χ4v) is 3.02. The number of rotatable bonds is 8. The van der Waals surface area contributed by atoms with Crippen molar-refractivity contribution >= 4 is 17.5 Å². The summed E-state index contributed by atoms with van der Waals surface area (Å²) in [7, 11) is 0. The van der Waals surface area contributed by atoms with E-state index in [0.717, 1.165) is 24.0 Å². The summed E-state index contributed by atoms with van der Waals surface area (Å²) in [6.45, 7) is 0.570. The second-order valence-electron chi connectivity index (χ2n) is 6.44. The van der Waals surface area contributed by atoms with Gasteiger partial charge in [0, 0.05) is 5.02 Å². The molecular weight excluding hydrogens is 338 g/mol. The van der Waals surface area contributed by atoms with E-state index >= 15 is 0 Å². The third-order valence-corrected chi connectivity index (χ3v) is 4.82. The highest BCUT2D eigenvalue weighted by atomic mass is 35.5. The topological polar surface area (TPSA) is 58.6 Å². The van der Waals surface area contributed by atoms with Crippen molar-refractivity contribution in [2.75, 3.05) is 13.2 Å². The quantitative estimate of drug-likeness (QED) is 0.761. The molecular formula is C20H22ClNO3. The largest absolute Gasteiger partial charge is 0.394 e. The Kier molecular flexibility index (Phi) is 5.74. The molecule has 0 heterocycles. The van der Waals surface area contributed by atoms with Crippen LogP contribution in [0.5, 0.6) is 0 Å². The number of ether oxygens (including phenoxy) is 1. The molecule has 4 nitrogen and oxygen atoms in total. The van der Waals surface area contributed by atoms with E-state index in [1.165, 1.54) is 0 Å². The normalized spacial score (nSPS) is 16.2. The van der Waals surface area contributed by atoms with Crippen LogP contribution in [-0.4, -0.2) is 30.3 Å². The molecule has 0 spiro atoms. The van der Waals surface area contributed by atoms with Gasteiger partial charge < -0.3 is 15.2 Å². The first kappa shape index (κ1) is 17.9. The predicted molar refractivity (Wildman–Crippen MR) is 97.5 cm³/mol. The monoisotopic (exact) mass is 359 g/mol. The molecule has 1 aliphatic carbocycles. The van der Waals surface area contributed by atoms with Gasteiger partial charge in [-0.3, -0.25) is 4.79 Å². The Balaban J connectivity index is 1.54. The Morgan fingerprint density at radius 3 is 2.44 bits per heavy atom. The van der Waals surface area contributed by atoms with Crippen molar-refractivity contribution in [1.29, 1.82) is 0 Å². The molecule has 25 heavy (non-hydrogen) atoms. The molecule has 1 aliphatic rings. The van der Waals surface area contributed by atoms with E-state index < -0.39 is 11.5 Å². The highest BCUT2D eigenvalue weighted by molar-refractivity contribution is 6.30. The number of carbonyl (C=O) groups excluding carboxylic acids is 1. The van der Waals surface area contributed by atoms with Gasteiger partial charge in [-0.2, -0.15) is 0 Å². The first-order valence-corrected chi connectivity index (χ1v) is 8.81. The first-order chi connectivity index (χ1) is 12.1. The van der Waals surface area contributed by atoms with Gasteiger partial charge in [-0.05, 0) is 36.1 Å². The maximum Gasteiger partial charge on any atom is 0.231 e. The van der Waals surface area contributed by atoms with Crippen molar-refractivity contribution in [2.24, 2.45) is 0 Å². The Morgan fingerprint density at radius 2 is 1.84 bits per heavy atom. The molecule has 2 aromatic carbocycles. The van der Waals surface area contributed by atoms with Gasteiger partial charge in [0.2, 0.25) is 5.91 Å². The van der Waals surface area contributed by atoms with Crippen LogP contribution in [-0.2, 0) is 21.6 Å². The Labute approximate surface area is 152 Å². The van der Waals surface area contributed by atoms with Crippen molar-refractivity contribution < 1.29 is 14.6 Å². The van der Waals surface area contributed by atoms with E-state index in [2.05, 4.69) is 5.32 Å². The summed E-state index contributed by atoms with van der Waals surface area (Å²) < 4.78 is 5.64. The van der Waals surface area contributed by atoms with Crippen LogP contribution in [0, 0.1) is 0 Å². The van der Waals surface area contributed by atoms with Crippen molar-refractivity contribution in [3.05, 3.63) is 70.7 Å². The lowest BCUT2D eigenvalue weighted by Gasteiger charge is -2.21. The minimum Gasteiger partial charge on any atom is -0.394 e. The lowest BCUT2D eigenvalue weighted by molar-refractivity contribution is -0.125. The molecule has 1 saturated carbocycles. The first-order valence-electron chi connectivity index (χ1n) is 8.43. The fourth-order valence-electron chi connectivity index (χ4n) is 2.90. The van der Waals surface area contributed by atoms with Crippen LogP contribution in [0.3, 0.4) is 0 Å². The predicted octanol–water partition coefficient (Wildman–Crippen LogP) is 3.07. The second kappa shape index (κ2) is 8.00. The number of aliphatic hydroxyl groups is 1. The lowest BCUT2D eigenvalue weighted by Crippen LogP contribution is -2.45. The number of hydrogen-bond acceptors (Lipinski definition) is 3. The third-order valence-electron chi connectivity index (χ3n) is 4.57. The molecule has 0 bridgehead atoms. The van der Waals surface area contributed by atoms with Crippen molar-refractivity contribution in [3.8, 4) is 0 Å². The molecule has 1 atom stereocenters. The zero-order valence-electron chi connectivity index (χ0n) is 14.0. The van der Waals surface area contributed by atoms with Crippen molar-refractivity contribution in [2.45, 2.75) is 30.9 Å². The average molecular weight is 360 g/mol. The highest BCUT2D eigenvalue weighted by Crippen LogP contribution is 2.48. The molecule has 1 amide bonds. The Morgan fingerprint density at radius 1 is 1.16 bits per heavy atom. The average Bonchev–Trinajstić information content (AvgIpc) is 3.44. The standard InChI is InChI=1S/C20H22ClNO3/c21-17-8-6-16(7-9-17)20(10-11-20)19(24)22-18(12-23)14-25-13-15-4-2-1-3-5-15/h1-9,18,23H,10-14H2,(H,22,24)/t18-/m0/s1. The van der Waals surface area contributed by atoms with Gasteiger partial charge in [-0.1, -0.05) is 54.1 Å². The van der Waals surface area contributed by atoms with Crippen LogP contribution in [0.15, 0.2) is 54.6 Å². The minimum atomic E-state index is -0.489. The van der Waals surface area contributed by atoms with Gasteiger partial charge in [-0.25, -0.2) is 0 Å². The molecule has 132 valence electrons. The van der Waals surface area contributed by atoms with Gasteiger partial charge in [0.15, 0.2) is 0 Å². The van der Waals surface area contributed by atoms with Crippen molar-refractivity contribution in [3.63, 3.8) is 0 Å². The summed E-state index contributed by atoms with van der Waals surface area (Å²) in [4.78, 5) is 12.7. The Bertz CT molecular complexity index is 699. The number of amides is 1. The van der Waals surface area contributed by atoms with Gasteiger partial charge >= 0.3 is 0 Å². The minimum absolute atomic E-state index is 0.0582. The zero-order valence-corrected chi connectivity index (χ0v) is 14.7. The number of aliphatic hydroxyl groups excluding tert-OH is 1. The van der Waals surface area contributed by atoms with E-state index in [4.69, 9.17) is 16.3 Å². The molecule has 1 fully saturated rings. The molecule has 5 heteroatoms. The lowest BCUT2D eigenvalue weighted by atomic mass is 9.95. The molecule has 0 unspecified atom stereocenters. The fraction of sp³-hybridized carbons (Fsp3) is 0.350. The summed E-state index contributed by atoms with van der Waals surface area (Å²) in [6, 6.07) is 16.8. The maximum atomic E-state index is 12.7. The Hall–Kier alpha value is -1.88. The van der Waals surface area contributed by atoms with Crippen LogP contribution in [0.25, 0.3) is 0 Å². The summed E-state index contributed by atoms with van der Waals surface area (Å²) in [5.41, 5.74) is 1.54. The SMILES string of the molecule is O=C(N[C@@H](CO)COCc1ccccc1)C1(c2ccc(Cl)cc2)CC1. The van der Waals surface area contributed by atoms with Gasteiger partial charge in [0.1, 0.15) is 0 Å². The maximum absolute atomic E-state index is 12.7. The summed E-state index contributed by atoms with van der Waals surface area (Å²) >= 11 is 5.93. The zero-order chi connectivity index (χ0) is 17.7. The number of halogens is 1. The van der Waals surface area contributed by atoms with Crippen LogP contribution in [0.1, 0.15) is 24.0 Å². The number of hydrogen-bond donors (Lipinski definition) is 2. The van der Waals surface area contributed by atoms with E-state index in [9.17, 15) is 9.90 Å². The summed E-state index contributed by atoms with van der Waals surface area (Å²) in [5.74, 6) is -0.0582. The van der Waals surface area contributed by atoms with E-state index in [1.807, 2.05) is 42.5 Å². The molecule has 0 aromatic heterocycles. The summed E-state index contributed by atoms with van der Waals surface area (Å²) in [5, 5.41) is 13.1.